The second-order valence-corrected chi connectivity index (χ2v) is 19.9. The SMILES string of the molecule is c1cc(-c2ccc3oc4ccccc4c3c2)cc(N(c2ccccc2-c2ccccc2-c2cccc3ccccc23)c2cccc3c2-c2ccccc2C32c3ccccc3-n3c4ccccc4c4cccc2c43)c1. The molecule has 0 amide bonds. The Kier molecular flexibility index (Phi) is 8.66. The molecule has 0 N–H and O–H groups in total. The van der Waals surface area contributed by atoms with Crippen molar-refractivity contribution in [2.45, 2.75) is 5.41 Å². The summed E-state index contributed by atoms with van der Waals surface area (Å²) < 4.78 is 8.85. The molecule has 0 radical (unpaired) electrons. The van der Waals surface area contributed by atoms with Crippen molar-refractivity contribution in [1.82, 2.24) is 4.57 Å². The summed E-state index contributed by atoms with van der Waals surface area (Å²) in [7, 11) is 0. The van der Waals surface area contributed by atoms with Crippen LogP contribution in [-0.4, -0.2) is 4.57 Å². The van der Waals surface area contributed by atoms with E-state index in [1.54, 1.807) is 0 Å². The summed E-state index contributed by atoms with van der Waals surface area (Å²) in [6.07, 6.45) is 0. The van der Waals surface area contributed by atoms with Gasteiger partial charge in [0.15, 0.2) is 0 Å². The Morgan fingerprint density at radius 2 is 0.919 bits per heavy atom. The van der Waals surface area contributed by atoms with Gasteiger partial charge in [-0.2, -0.15) is 0 Å². The lowest BCUT2D eigenvalue weighted by molar-refractivity contribution is 0.669. The molecule has 1 aliphatic heterocycles. The summed E-state index contributed by atoms with van der Waals surface area (Å²) in [6, 6.07) is 98.7. The van der Waals surface area contributed by atoms with Gasteiger partial charge >= 0.3 is 0 Å². The van der Waals surface area contributed by atoms with Crippen molar-refractivity contribution in [2.75, 3.05) is 4.90 Å². The van der Waals surface area contributed by atoms with Crippen molar-refractivity contribution < 1.29 is 4.42 Å². The van der Waals surface area contributed by atoms with Gasteiger partial charge in [-0.15, -0.1) is 0 Å². The molecule has 2 aromatic heterocycles. The van der Waals surface area contributed by atoms with Gasteiger partial charge in [0.1, 0.15) is 11.2 Å². The molecule has 344 valence electrons. The van der Waals surface area contributed by atoms with Gasteiger partial charge in [0.25, 0.3) is 0 Å². The number of nitrogens with zero attached hydrogens (tertiary/aromatic N) is 2. The quantitative estimate of drug-likeness (QED) is 0.166. The Morgan fingerprint density at radius 1 is 0.338 bits per heavy atom. The van der Waals surface area contributed by atoms with E-state index in [4.69, 9.17) is 4.42 Å². The summed E-state index contributed by atoms with van der Waals surface area (Å²) in [5.74, 6) is 0. The highest BCUT2D eigenvalue weighted by atomic mass is 16.3. The molecule has 14 aromatic rings. The first-order valence-corrected chi connectivity index (χ1v) is 25.6. The zero-order chi connectivity index (χ0) is 48.5. The predicted molar refractivity (Wildman–Crippen MR) is 307 cm³/mol. The number of hydrogen-bond acceptors (Lipinski definition) is 2. The normalized spacial score (nSPS) is 14.3. The monoisotopic (exact) mass is 940 g/mol. The van der Waals surface area contributed by atoms with Crippen LogP contribution in [0.3, 0.4) is 0 Å². The first-order chi connectivity index (χ1) is 36.7. The molecule has 3 nitrogen and oxygen atoms in total. The zero-order valence-corrected chi connectivity index (χ0v) is 40.2. The third kappa shape index (κ3) is 5.61. The number of aromatic nitrogens is 1. The zero-order valence-electron chi connectivity index (χ0n) is 40.2. The average Bonchev–Trinajstić information content (AvgIpc) is 4.12. The fraction of sp³-hybridized carbons (Fsp3) is 0.0141. The van der Waals surface area contributed by atoms with Gasteiger partial charge in [-0.3, -0.25) is 0 Å². The van der Waals surface area contributed by atoms with Crippen LogP contribution in [-0.2, 0) is 5.41 Å². The lowest BCUT2D eigenvalue weighted by atomic mass is 9.65. The Hall–Kier alpha value is -9.70. The Balaban J connectivity index is 0.986. The molecule has 12 aromatic carbocycles. The van der Waals surface area contributed by atoms with E-state index in [1.807, 2.05) is 6.07 Å². The van der Waals surface area contributed by atoms with Crippen LogP contribution >= 0.6 is 0 Å². The molecular formula is C71H44N2O. The number of anilines is 3. The minimum Gasteiger partial charge on any atom is -0.456 e. The number of rotatable bonds is 6. The molecule has 0 saturated carbocycles. The Labute approximate surface area is 428 Å². The third-order valence-corrected chi connectivity index (χ3v) is 16.2. The first-order valence-electron chi connectivity index (χ1n) is 25.6. The average molecular weight is 941 g/mol. The van der Waals surface area contributed by atoms with Crippen LogP contribution in [0.1, 0.15) is 22.3 Å². The van der Waals surface area contributed by atoms with Crippen molar-refractivity contribution in [3.8, 4) is 50.2 Å². The lowest BCUT2D eigenvalue weighted by Crippen LogP contribution is -2.33. The molecule has 1 spiro atoms. The van der Waals surface area contributed by atoms with Crippen LogP contribution in [0.4, 0.5) is 17.1 Å². The van der Waals surface area contributed by atoms with E-state index in [-0.39, 0.29) is 0 Å². The van der Waals surface area contributed by atoms with E-state index >= 15 is 0 Å². The maximum Gasteiger partial charge on any atom is 0.135 e. The molecule has 3 heterocycles. The Morgan fingerprint density at radius 3 is 1.82 bits per heavy atom. The molecule has 3 heteroatoms. The number of benzene rings is 12. The number of para-hydroxylation sites is 5. The molecule has 1 unspecified atom stereocenters. The van der Waals surface area contributed by atoms with Gasteiger partial charge in [-0.05, 0) is 121 Å². The summed E-state index contributed by atoms with van der Waals surface area (Å²) in [5.41, 5.74) is 22.7. The van der Waals surface area contributed by atoms with Gasteiger partial charge in [0.05, 0.1) is 33.5 Å². The minimum atomic E-state index is -0.612. The smallest absolute Gasteiger partial charge is 0.135 e. The van der Waals surface area contributed by atoms with E-state index < -0.39 is 5.41 Å². The predicted octanol–water partition coefficient (Wildman–Crippen LogP) is 19.0. The number of fused-ring (bicyclic) bond motifs is 16. The van der Waals surface area contributed by atoms with Crippen LogP contribution < -0.4 is 4.90 Å². The minimum absolute atomic E-state index is 0.612. The molecule has 0 fully saturated rings. The highest BCUT2D eigenvalue weighted by Crippen LogP contribution is 2.63. The molecule has 74 heavy (non-hydrogen) atoms. The number of hydrogen-bond donors (Lipinski definition) is 0. The van der Waals surface area contributed by atoms with Crippen molar-refractivity contribution >= 4 is 71.6 Å². The van der Waals surface area contributed by atoms with Crippen molar-refractivity contribution in [2.24, 2.45) is 0 Å². The maximum absolute atomic E-state index is 6.33. The molecule has 0 bridgehead atoms. The fourth-order valence-corrected chi connectivity index (χ4v) is 13.2. The van der Waals surface area contributed by atoms with Crippen LogP contribution in [0.2, 0.25) is 0 Å². The van der Waals surface area contributed by atoms with E-state index in [2.05, 4.69) is 270 Å². The number of furan rings is 1. The first kappa shape index (κ1) is 41.0. The van der Waals surface area contributed by atoms with Gasteiger partial charge in [0.2, 0.25) is 0 Å². The van der Waals surface area contributed by atoms with Gasteiger partial charge in [0, 0.05) is 38.4 Å². The topological polar surface area (TPSA) is 21.3 Å². The molecule has 0 saturated heterocycles. The standard InChI is InChI=1S/C71H44N2O/c1-2-23-49-45(19-1)20-16-30-50(49)51-24-3-4-25-52(51)53-26-6-11-36-63(53)72(48-22-15-21-46(43-48)47-41-42-68-58(44-47)55-28-8-14-40-67(55)74-68)66-39-18-34-61-69(66)57-29-5-9-32-59(57)71(61)60-33-10-13-38-65(60)73-64-37-12-7-27-54(64)56-31-17-35-62(71)70(56)73/h1-44H. The van der Waals surface area contributed by atoms with Gasteiger partial charge < -0.3 is 13.9 Å². The second-order valence-electron chi connectivity index (χ2n) is 19.9. The van der Waals surface area contributed by atoms with E-state index in [0.29, 0.717) is 0 Å². The van der Waals surface area contributed by atoms with Gasteiger partial charge in [-0.1, -0.05) is 212 Å². The van der Waals surface area contributed by atoms with Crippen molar-refractivity contribution in [1.29, 1.82) is 0 Å². The van der Waals surface area contributed by atoms with Crippen LogP contribution in [0.15, 0.2) is 271 Å². The maximum atomic E-state index is 6.33. The Bertz CT molecular complexity index is 4640. The summed E-state index contributed by atoms with van der Waals surface area (Å²) >= 11 is 0. The summed E-state index contributed by atoms with van der Waals surface area (Å²) in [5, 5.41) is 7.22. The van der Waals surface area contributed by atoms with Crippen LogP contribution in [0.25, 0.3) is 105 Å². The summed E-state index contributed by atoms with van der Waals surface area (Å²) in [6.45, 7) is 0. The highest BCUT2D eigenvalue weighted by Gasteiger charge is 2.51. The molecule has 16 rings (SSSR count). The lowest BCUT2D eigenvalue weighted by Gasteiger charge is -2.39. The van der Waals surface area contributed by atoms with Gasteiger partial charge in [-0.25, -0.2) is 0 Å². The van der Waals surface area contributed by atoms with E-state index in [0.717, 1.165) is 55.7 Å². The second kappa shape index (κ2) is 15.6. The third-order valence-electron chi connectivity index (χ3n) is 16.2. The molecule has 2 aliphatic rings. The van der Waals surface area contributed by atoms with Crippen molar-refractivity contribution in [3.63, 3.8) is 0 Å². The largest absolute Gasteiger partial charge is 0.456 e. The van der Waals surface area contributed by atoms with E-state index in [1.165, 1.54) is 88.3 Å². The van der Waals surface area contributed by atoms with E-state index in [9.17, 15) is 0 Å². The summed E-state index contributed by atoms with van der Waals surface area (Å²) in [4.78, 5) is 2.55. The van der Waals surface area contributed by atoms with Crippen LogP contribution in [0.5, 0.6) is 0 Å². The molecular weight excluding hydrogens is 897 g/mol. The fourth-order valence-electron chi connectivity index (χ4n) is 13.2. The van der Waals surface area contributed by atoms with Crippen LogP contribution in [0, 0.1) is 0 Å². The highest BCUT2D eigenvalue weighted by molar-refractivity contribution is 6.14. The van der Waals surface area contributed by atoms with Crippen molar-refractivity contribution in [3.05, 3.63) is 289 Å². The molecule has 1 atom stereocenters. The molecule has 1 aliphatic carbocycles.